The summed E-state index contributed by atoms with van der Waals surface area (Å²) in [5.41, 5.74) is -0.0444. The van der Waals surface area contributed by atoms with Crippen molar-refractivity contribution < 1.29 is 19.4 Å². The molecule has 0 bridgehead atoms. The highest BCUT2D eigenvalue weighted by molar-refractivity contribution is 7.13. The van der Waals surface area contributed by atoms with Gasteiger partial charge in [0.25, 0.3) is 5.91 Å². The van der Waals surface area contributed by atoms with Crippen molar-refractivity contribution in [3.05, 3.63) is 35.6 Å². The molecule has 0 unspecified atom stereocenters. The SMILES string of the molecule is O=C(COc1cnccc1C(=O)O)Nc1nccs1. The molecule has 1 amide bonds. The molecule has 0 saturated heterocycles. The first-order valence-electron chi connectivity index (χ1n) is 5.16. The Morgan fingerprint density at radius 2 is 2.26 bits per heavy atom. The van der Waals surface area contributed by atoms with Crippen molar-refractivity contribution >= 4 is 28.3 Å². The minimum atomic E-state index is -1.14. The van der Waals surface area contributed by atoms with Crippen LogP contribution in [0.25, 0.3) is 0 Å². The van der Waals surface area contributed by atoms with Gasteiger partial charge in [0.05, 0.1) is 6.20 Å². The number of aromatic nitrogens is 2. The van der Waals surface area contributed by atoms with Gasteiger partial charge in [-0.1, -0.05) is 0 Å². The number of carbonyl (C=O) groups is 2. The highest BCUT2D eigenvalue weighted by atomic mass is 32.1. The molecule has 0 aliphatic heterocycles. The highest BCUT2D eigenvalue weighted by Gasteiger charge is 2.12. The number of thiazole rings is 1. The van der Waals surface area contributed by atoms with E-state index in [2.05, 4.69) is 15.3 Å². The molecule has 0 radical (unpaired) electrons. The molecule has 2 aromatic heterocycles. The van der Waals surface area contributed by atoms with Crippen LogP contribution in [0.4, 0.5) is 5.13 Å². The fourth-order valence-corrected chi connectivity index (χ4v) is 1.80. The lowest BCUT2D eigenvalue weighted by Crippen LogP contribution is -2.20. The zero-order valence-electron chi connectivity index (χ0n) is 9.57. The van der Waals surface area contributed by atoms with Crippen molar-refractivity contribution in [2.75, 3.05) is 11.9 Å². The lowest BCUT2D eigenvalue weighted by atomic mass is 10.2. The van der Waals surface area contributed by atoms with Gasteiger partial charge in [0.15, 0.2) is 17.5 Å². The summed E-state index contributed by atoms with van der Waals surface area (Å²) in [6.45, 7) is -0.314. The maximum absolute atomic E-state index is 11.5. The standard InChI is InChI=1S/C11H9N3O4S/c15-9(14-11-13-3-4-19-11)6-18-8-5-12-2-1-7(8)10(16)17/h1-5H,6H2,(H,16,17)(H,13,14,15). The first-order valence-corrected chi connectivity index (χ1v) is 6.04. The zero-order chi connectivity index (χ0) is 13.7. The Morgan fingerprint density at radius 3 is 2.95 bits per heavy atom. The Hall–Kier alpha value is -2.48. The summed E-state index contributed by atoms with van der Waals surface area (Å²) >= 11 is 1.28. The average molecular weight is 279 g/mol. The minimum absolute atomic E-state index is 0.0444. The third-order valence-electron chi connectivity index (χ3n) is 2.05. The number of rotatable bonds is 5. The summed E-state index contributed by atoms with van der Waals surface area (Å²) in [5.74, 6) is -1.52. The van der Waals surface area contributed by atoms with Crippen LogP contribution in [0.2, 0.25) is 0 Å². The number of carbonyl (C=O) groups excluding carboxylic acids is 1. The number of pyridine rings is 1. The van der Waals surface area contributed by atoms with E-state index in [1.165, 1.54) is 29.8 Å². The number of aromatic carboxylic acids is 1. The number of hydrogen-bond donors (Lipinski definition) is 2. The van der Waals surface area contributed by atoms with Gasteiger partial charge in [-0.15, -0.1) is 11.3 Å². The van der Waals surface area contributed by atoms with Gasteiger partial charge in [-0.3, -0.25) is 15.1 Å². The van der Waals surface area contributed by atoms with E-state index in [0.29, 0.717) is 5.13 Å². The molecule has 0 aromatic carbocycles. The molecular weight excluding hydrogens is 270 g/mol. The Morgan fingerprint density at radius 1 is 1.42 bits per heavy atom. The number of anilines is 1. The molecule has 2 N–H and O–H groups in total. The summed E-state index contributed by atoms with van der Waals surface area (Å²) in [4.78, 5) is 30.1. The molecule has 0 aliphatic rings. The number of ether oxygens (including phenoxy) is 1. The maximum Gasteiger partial charge on any atom is 0.339 e. The van der Waals surface area contributed by atoms with Crippen LogP contribution in [0, 0.1) is 0 Å². The molecular formula is C11H9N3O4S. The predicted octanol–water partition coefficient (Wildman–Crippen LogP) is 1.25. The second-order valence-electron chi connectivity index (χ2n) is 3.35. The van der Waals surface area contributed by atoms with Gasteiger partial charge in [0.2, 0.25) is 0 Å². The Labute approximate surface area is 111 Å². The third kappa shape index (κ3) is 3.49. The van der Waals surface area contributed by atoms with Gasteiger partial charge in [-0.25, -0.2) is 9.78 Å². The van der Waals surface area contributed by atoms with Crippen LogP contribution in [-0.2, 0) is 4.79 Å². The largest absolute Gasteiger partial charge is 0.481 e. The quantitative estimate of drug-likeness (QED) is 0.854. The van der Waals surface area contributed by atoms with E-state index in [1.807, 2.05) is 0 Å². The molecule has 2 aromatic rings. The van der Waals surface area contributed by atoms with Crippen LogP contribution in [0.3, 0.4) is 0 Å². The smallest absolute Gasteiger partial charge is 0.339 e. The van der Waals surface area contributed by atoms with Crippen molar-refractivity contribution in [3.63, 3.8) is 0 Å². The lowest BCUT2D eigenvalue weighted by Gasteiger charge is -2.07. The predicted molar refractivity (Wildman–Crippen MR) is 67.4 cm³/mol. The molecule has 19 heavy (non-hydrogen) atoms. The lowest BCUT2D eigenvalue weighted by molar-refractivity contribution is -0.118. The molecule has 0 spiro atoms. The molecule has 0 atom stereocenters. The van der Waals surface area contributed by atoms with Crippen LogP contribution in [-0.4, -0.2) is 33.6 Å². The number of amides is 1. The third-order valence-corrected chi connectivity index (χ3v) is 2.74. The zero-order valence-corrected chi connectivity index (χ0v) is 10.4. The first kappa shape index (κ1) is 13.0. The van der Waals surface area contributed by atoms with Crippen molar-refractivity contribution in [1.82, 2.24) is 9.97 Å². The van der Waals surface area contributed by atoms with Crippen LogP contribution >= 0.6 is 11.3 Å². The van der Waals surface area contributed by atoms with E-state index < -0.39 is 11.9 Å². The Kier molecular flexibility index (Phi) is 4.04. The Bertz CT molecular complexity index is 585. The van der Waals surface area contributed by atoms with Crippen molar-refractivity contribution in [2.45, 2.75) is 0 Å². The maximum atomic E-state index is 11.5. The van der Waals surface area contributed by atoms with Crippen LogP contribution in [0.5, 0.6) is 5.75 Å². The summed E-state index contributed by atoms with van der Waals surface area (Å²) in [6.07, 6.45) is 4.15. The van der Waals surface area contributed by atoms with Crippen molar-refractivity contribution in [1.29, 1.82) is 0 Å². The van der Waals surface area contributed by atoms with E-state index in [1.54, 1.807) is 11.6 Å². The second-order valence-corrected chi connectivity index (χ2v) is 4.25. The molecule has 2 rings (SSSR count). The molecule has 0 saturated carbocycles. The normalized spacial score (nSPS) is 9.89. The van der Waals surface area contributed by atoms with E-state index in [0.717, 1.165) is 0 Å². The number of carboxylic acids is 1. The molecule has 98 valence electrons. The number of hydrogen-bond acceptors (Lipinski definition) is 6. The molecule has 0 fully saturated rings. The van der Waals surface area contributed by atoms with E-state index in [-0.39, 0.29) is 17.9 Å². The summed E-state index contributed by atoms with van der Waals surface area (Å²) in [7, 11) is 0. The second kappa shape index (κ2) is 5.91. The van der Waals surface area contributed by atoms with E-state index >= 15 is 0 Å². The van der Waals surface area contributed by atoms with Crippen LogP contribution in [0.1, 0.15) is 10.4 Å². The number of nitrogens with zero attached hydrogens (tertiary/aromatic N) is 2. The summed E-state index contributed by atoms with van der Waals surface area (Å²) < 4.78 is 5.13. The highest BCUT2D eigenvalue weighted by Crippen LogP contribution is 2.16. The van der Waals surface area contributed by atoms with Crippen LogP contribution in [0.15, 0.2) is 30.0 Å². The van der Waals surface area contributed by atoms with Gasteiger partial charge in [0.1, 0.15) is 5.56 Å². The molecule has 0 aliphatic carbocycles. The fraction of sp³-hybridized carbons (Fsp3) is 0.0909. The average Bonchev–Trinajstić information content (AvgIpc) is 2.89. The Balaban J connectivity index is 1.95. The van der Waals surface area contributed by atoms with Gasteiger partial charge in [0, 0.05) is 17.8 Å². The van der Waals surface area contributed by atoms with Gasteiger partial charge < -0.3 is 9.84 Å². The van der Waals surface area contributed by atoms with E-state index in [9.17, 15) is 9.59 Å². The molecule has 8 heteroatoms. The summed E-state index contributed by atoms with van der Waals surface area (Å²) in [5, 5.41) is 13.6. The number of carboxylic acid groups (broad SMARTS) is 1. The van der Waals surface area contributed by atoms with Gasteiger partial charge >= 0.3 is 5.97 Å². The minimum Gasteiger partial charge on any atom is -0.481 e. The molecule has 2 heterocycles. The topological polar surface area (TPSA) is 101 Å². The number of nitrogens with one attached hydrogen (secondary N) is 1. The van der Waals surface area contributed by atoms with Gasteiger partial charge in [-0.05, 0) is 6.07 Å². The van der Waals surface area contributed by atoms with Crippen molar-refractivity contribution in [2.24, 2.45) is 0 Å². The van der Waals surface area contributed by atoms with Gasteiger partial charge in [-0.2, -0.15) is 0 Å². The van der Waals surface area contributed by atoms with Crippen molar-refractivity contribution in [3.8, 4) is 5.75 Å². The molecule has 7 nitrogen and oxygen atoms in total. The first-order chi connectivity index (χ1) is 9.16. The summed E-state index contributed by atoms with van der Waals surface area (Å²) in [6, 6.07) is 1.30. The van der Waals surface area contributed by atoms with E-state index in [4.69, 9.17) is 9.84 Å². The monoisotopic (exact) mass is 279 g/mol. The fourth-order valence-electron chi connectivity index (χ4n) is 1.26. The van der Waals surface area contributed by atoms with Crippen LogP contribution < -0.4 is 10.1 Å².